The number of aliphatic hydroxyl groups excluding tert-OH is 1. The van der Waals surface area contributed by atoms with Crippen molar-refractivity contribution in [2.75, 3.05) is 13.2 Å². The van der Waals surface area contributed by atoms with Gasteiger partial charge in [0.2, 0.25) is 0 Å². The number of hydrogen-bond acceptors (Lipinski definition) is 2. The van der Waals surface area contributed by atoms with E-state index in [1.807, 2.05) is 0 Å². The molecular formula is C10H18O2. The van der Waals surface area contributed by atoms with E-state index in [0.29, 0.717) is 10.8 Å². The summed E-state index contributed by atoms with van der Waals surface area (Å²) in [4.78, 5) is 0. The van der Waals surface area contributed by atoms with Crippen molar-refractivity contribution >= 4 is 0 Å². The zero-order chi connectivity index (χ0) is 9.04. The molecule has 70 valence electrons. The molecule has 0 aromatic carbocycles. The molecule has 2 saturated heterocycles. The fraction of sp³-hybridized carbons (Fsp3) is 1.00. The summed E-state index contributed by atoms with van der Waals surface area (Å²) in [5.41, 5.74) is 0.533. The zero-order valence-corrected chi connectivity index (χ0v) is 8.18. The molecule has 0 spiro atoms. The SMILES string of the molecule is CC(C)(C)C12COC(CO)(C1)C2. The van der Waals surface area contributed by atoms with E-state index < -0.39 is 0 Å². The summed E-state index contributed by atoms with van der Waals surface area (Å²) >= 11 is 0. The Morgan fingerprint density at radius 1 is 1.33 bits per heavy atom. The molecule has 1 aliphatic carbocycles. The fourth-order valence-electron chi connectivity index (χ4n) is 2.58. The summed E-state index contributed by atoms with van der Waals surface area (Å²) in [6, 6.07) is 0. The second-order valence-electron chi connectivity index (χ2n) is 5.51. The first-order chi connectivity index (χ1) is 5.43. The van der Waals surface area contributed by atoms with Crippen LogP contribution in [-0.4, -0.2) is 23.9 Å². The Balaban J connectivity index is 2.14. The Morgan fingerprint density at radius 3 is 2.17 bits per heavy atom. The van der Waals surface area contributed by atoms with Crippen molar-refractivity contribution in [3.8, 4) is 0 Å². The van der Waals surface area contributed by atoms with E-state index in [9.17, 15) is 0 Å². The van der Waals surface area contributed by atoms with Gasteiger partial charge in [0.25, 0.3) is 0 Å². The second kappa shape index (κ2) is 2.05. The molecule has 1 saturated carbocycles. The average molecular weight is 170 g/mol. The van der Waals surface area contributed by atoms with Crippen molar-refractivity contribution in [3.63, 3.8) is 0 Å². The number of fused-ring (bicyclic) bond motifs is 1. The topological polar surface area (TPSA) is 29.5 Å². The molecule has 2 heteroatoms. The van der Waals surface area contributed by atoms with Crippen LogP contribution in [0.2, 0.25) is 0 Å². The lowest BCUT2D eigenvalue weighted by Crippen LogP contribution is -2.52. The van der Waals surface area contributed by atoms with E-state index in [1.165, 1.54) is 0 Å². The van der Waals surface area contributed by atoms with Crippen LogP contribution in [0.3, 0.4) is 0 Å². The molecule has 2 aliphatic heterocycles. The maximum atomic E-state index is 9.12. The van der Waals surface area contributed by atoms with Crippen LogP contribution in [0.1, 0.15) is 33.6 Å². The van der Waals surface area contributed by atoms with Crippen LogP contribution in [0.5, 0.6) is 0 Å². The number of hydrogen-bond donors (Lipinski definition) is 1. The van der Waals surface area contributed by atoms with E-state index in [4.69, 9.17) is 9.84 Å². The summed E-state index contributed by atoms with van der Waals surface area (Å²) in [6.07, 6.45) is 2.11. The Labute approximate surface area is 73.9 Å². The highest BCUT2D eigenvalue weighted by Crippen LogP contribution is 2.65. The molecule has 1 N–H and O–H groups in total. The van der Waals surface area contributed by atoms with Crippen LogP contribution in [0.4, 0.5) is 0 Å². The lowest BCUT2D eigenvalue weighted by atomic mass is 9.52. The summed E-state index contributed by atoms with van der Waals surface area (Å²) < 4.78 is 5.64. The maximum absolute atomic E-state index is 9.12. The quantitative estimate of drug-likeness (QED) is 0.647. The van der Waals surface area contributed by atoms with E-state index in [1.54, 1.807) is 0 Å². The number of rotatable bonds is 1. The third kappa shape index (κ3) is 0.826. The lowest BCUT2D eigenvalue weighted by molar-refractivity contribution is -0.0807. The van der Waals surface area contributed by atoms with Gasteiger partial charge in [-0.2, -0.15) is 0 Å². The predicted molar refractivity (Wildman–Crippen MR) is 46.9 cm³/mol. The normalized spacial score (nSPS) is 46.0. The minimum Gasteiger partial charge on any atom is -0.393 e. The molecule has 0 amide bonds. The van der Waals surface area contributed by atoms with E-state index in [0.717, 1.165) is 19.4 Å². The largest absolute Gasteiger partial charge is 0.393 e. The Bertz CT molecular complexity index is 196. The number of aliphatic hydroxyl groups is 1. The van der Waals surface area contributed by atoms with Gasteiger partial charge >= 0.3 is 0 Å². The van der Waals surface area contributed by atoms with Crippen LogP contribution in [-0.2, 0) is 4.74 Å². The van der Waals surface area contributed by atoms with Gasteiger partial charge in [-0.3, -0.25) is 0 Å². The summed E-state index contributed by atoms with van der Waals surface area (Å²) in [5, 5.41) is 9.12. The molecule has 2 heterocycles. The van der Waals surface area contributed by atoms with E-state index in [-0.39, 0.29) is 12.2 Å². The maximum Gasteiger partial charge on any atom is 0.0925 e. The van der Waals surface area contributed by atoms with Crippen molar-refractivity contribution in [2.45, 2.75) is 39.2 Å². The molecule has 3 fully saturated rings. The first-order valence-corrected chi connectivity index (χ1v) is 4.68. The van der Waals surface area contributed by atoms with Gasteiger partial charge in [-0.25, -0.2) is 0 Å². The van der Waals surface area contributed by atoms with E-state index >= 15 is 0 Å². The van der Waals surface area contributed by atoms with Crippen LogP contribution < -0.4 is 0 Å². The highest BCUT2D eigenvalue weighted by Gasteiger charge is 2.66. The van der Waals surface area contributed by atoms with Gasteiger partial charge in [0.15, 0.2) is 0 Å². The Morgan fingerprint density at radius 2 is 1.92 bits per heavy atom. The fourth-order valence-corrected chi connectivity index (χ4v) is 2.58. The lowest BCUT2D eigenvalue weighted by Gasteiger charge is -2.51. The van der Waals surface area contributed by atoms with Crippen LogP contribution in [0.15, 0.2) is 0 Å². The van der Waals surface area contributed by atoms with Gasteiger partial charge in [0.05, 0.1) is 18.8 Å². The minimum atomic E-state index is -0.146. The molecule has 0 radical (unpaired) electrons. The van der Waals surface area contributed by atoms with Gasteiger partial charge in [-0.05, 0) is 18.3 Å². The molecule has 2 nitrogen and oxygen atoms in total. The monoisotopic (exact) mass is 170 g/mol. The highest BCUT2D eigenvalue weighted by atomic mass is 16.5. The zero-order valence-electron chi connectivity index (χ0n) is 8.18. The molecule has 2 bridgehead atoms. The van der Waals surface area contributed by atoms with Crippen LogP contribution >= 0.6 is 0 Å². The van der Waals surface area contributed by atoms with Crippen molar-refractivity contribution in [3.05, 3.63) is 0 Å². The molecule has 0 atom stereocenters. The Hall–Kier alpha value is -0.0800. The molecule has 0 unspecified atom stereocenters. The summed E-state index contributed by atoms with van der Waals surface area (Å²) in [7, 11) is 0. The van der Waals surface area contributed by atoms with Gasteiger partial charge in [0.1, 0.15) is 0 Å². The first kappa shape index (κ1) is 8.52. The highest BCUT2D eigenvalue weighted by molar-refractivity contribution is 5.14. The van der Waals surface area contributed by atoms with Crippen molar-refractivity contribution in [1.82, 2.24) is 0 Å². The minimum absolute atomic E-state index is 0.146. The molecule has 12 heavy (non-hydrogen) atoms. The standard InChI is InChI=1S/C10H18O2/c1-8(2,3)9-4-10(5-9,6-11)12-7-9/h11H,4-7H2,1-3H3. The molecule has 0 aromatic heterocycles. The molecule has 0 aromatic rings. The van der Waals surface area contributed by atoms with Gasteiger partial charge < -0.3 is 9.84 Å². The molecule has 3 aliphatic rings. The second-order valence-corrected chi connectivity index (χ2v) is 5.51. The smallest absolute Gasteiger partial charge is 0.0925 e. The third-order valence-corrected chi connectivity index (χ3v) is 3.85. The van der Waals surface area contributed by atoms with Crippen molar-refractivity contribution in [2.24, 2.45) is 10.8 Å². The molecular weight excluding hydrogens is 152 g/mol. The van der Waals surface area contributed by atoms with Crippen LogP contribution in [0, 0.1) is 10.8 Å². The van der Waals surface area contributed by atoms with Crippen molar-refractivity contribution < 1.29 is 9.84 Å². The van der Waals surface area contributed by atoms with Crippen molar-refractivity contribution in [1.29, 1.82) is 0 Å². The summed E-state index contributed by atoms with van der Waals surface area (Å²) in [5.74, 6) is 0. The van der Waals surface area contributed by atoms with E-state index in [2.05, 4.69) is 20.8 Å². The molecule has 3 rings (SSSR count). The van der Waals surface area contributed by atoms with Gasteiger partial charge in [-0.15, -0.1) is 0 Å². The van der Waals surface area contributed by atoms with Gasteiger partial charge in [0, 0.05) is 5.41 Å². The van der Waals surface area contributed by atoms with Crippen LogP contribution in [0.25, 0.3) is 0 Å². The average Bonchev–Trinajstić information content (AvgIpc) is 2.37. The third-order valence-electron chi connectivity index (χ3n) is 3.85. The van der Waals surface area contributed by atoms with Gasteiger partial charge in [-0.1, -0.05) is 20.8 Å². The summed E-state index contributed by atoms with van der Waals surface area (Å²) in [6.45, 7) is 7.84. The Kier molecular flexibility index (Phi) is 1.45. The predicted octanol–water partition coefficient (Wildman–Crippen LogP) is 1.57. The number of ether oxygens (including phenoxy) is 1. The first-order valence-electron chi connectivity index (χ1n) is 4.68.